The zero-order chi connectivity index (χ0) is 21.5. The van der Waals surface area contributed by atoms with Gasteiger partial charge in [0.1, 0.15) is 6.61 Å². The molecule has 1 saturated heterocycles. The molecule has 2 unspecified atom stereocenters. The highest BCUT2D eigenvalue weighted by Gasteiger charge is 2.30. The molecular weight excluding hydrogens is 394 g/mol. The molecule has 162 valence electrons. The van der Waals surface area contributed by atoms with Gasteiger partial charge in [-0.15, -0.1) is 0 Å². The number of ether oxygens (including phenoxy) is 3. The number of carbonyl (C=O) groups excluding carboxylic acids is 4. The Morgan fingerprint density at radius 3 is 2.70 bits per heavy atom. The molecule has 30 heavy (non-hydrogen) atoms. The fourth-order valence-electron chi connectivity index (χ4n) is 3.27. The third-order valence-corrected chi connectivity index (χ3v) is 4.88. The Kier molecular flexibility index (Phi) is 7.10. The van der Waals surface area contributed by atoms with Crippen molar-refractivity contribution in [3.63, 3.8) is 0 Å². The summed E-state index contributed by atoms with van der Waals surface area (Å²) in [6.07, 6.45) is 0.767. The van der Waals surface area contributed by atoms with Gasteiger partial charge in [-0.25, -0.2) is 0 Å². The Bertz CT molecular complexity index is 813. The van der Waals surface area contributed by atoms with Crippen LogP contribution in [0.5, 0.6) is 11.5 Å². The molecule has 2 aliphatic rings. The summed E-state index contributed by atoms with van der Waals surface area (Å²) in [5.74, 6) is -1.30. The Hall–Kier alpha value is -3.30. The number of fused-ring (bicyclic) bond motifs is 1. The quantitative estimate of drug-likeness (QED) is 0.515. The summed E-state index contributed by atoms with van der Waals surface area (Å²) < 4.78 is 16.0. The van der Waals surface area contributed by atoms with Crippen LogP contribution in [0.25, 0.3) is 0 Å². The van der Waals surface area contributed by atoms with Crippen molar-refractivity contribution >= 4 is 23.7 Å². The minimum Gasteiger partial charge on any atom is -0.485 e. The second kappa shape index (κ2) is 9.95. The van der Waals surface area contributed by atoms with E-state index in [1.807, 2.05) is 0 Å². The highest BCUT2D eigenvalue weighted by atomic mass is 16.6. The lowest BCUT2D eigenvalue weighted by Crippen LogP contribution is -2.51. The van der Waals surface area contributed by atoms with E-state index in [9.17, 15) is 19.2 Å². The molecule has 2 aliphatic heterocycles. The van der Waals surface area contributed by atoms with E-state index in [2.05, 4.69) is 10.9 Å². The van der Waals surface area contributed by atoms with E-state index in [-0.39, 0.29) is 12.5 Å². The van der Waals surface area contributed by atoms with Crippen LogP contribution in [0.3, 0.4) is 0 Å². The molecule has 0 spiro atoms. The van der Waals surface area contributed by atoms with Crippen LogP contribution in [0.4, 0.5) is 0 Å². The van der Waals surface area contributed by atoms with Gasteiger partial charge in [0.2, 0.25) is 12.0 Å². The summed E-state index contributed by atoms with van der Waals surface area (Å²) in [5, 5.41) is 0. The van der Waals surface area contributed by atoms with Crippen molar-refractivity contribution < 1.29 is 33.4 Å². The van der Waals surface area contributed by atoms with Gasteiger partial charge in [0, 0.05) is 19.5 Å². The number of carbonyl (C=O) groups is 4. The zero-order valence-corrected chi connectivity index (χ0v) is 16.7. The lowest BCUT2D eigenvalue weighted by atomic mass is 9.98. The van der Waals surface area contributed by atoms with Crippen molar-refractivity contribution in [2.75, 3.05) is 26.3 Å². The molecule has 10 heteroatoms. The number of nitrogens with one attached hydrogen (secondary N) is 2. The van der Waals surface area contributed by atoms with Gasteiger partial charge in [-0.3, -0.25) is 30.0 Å². The molecule has 0 aliphatic carbocycles. The molecule has 0 radical (unpaired) electrons. The normalized spacial score (nSPS) is 20.1. The smallest absolute Gasteiger partial charge is 0.311 e. The monoisotopic (exact) mass is 419 g/mol. The Morgan fingerprint density at radius 1 is 1.17 bits per heavy atom. The number of likely N-dealkylation sites (tertiary alicyclic amines) is 1. The number of hydrogen-bond donors (Lipinski definition) is 2. The van der Waals surface area contributed by atoms with Gasteiger partial charge in [0.05, 0.1) is 5.92 Å². The molecule has 2 heterocycles. The maximum atomic E-state index is 12.2. The summed E-state index contributed by atoms with van der Waals surface area (Å²) >= 11 is 0. The first-order valence-corrected chi connectivity index (χ1v) is 9.89. The molecule has 2 N–H and O–H groups in total. The van der Waals surface area contributed by atoms with Crippen molar-refractivity contribution in [1.82, 2.24) is 15.8 Å². The predicted molar refractivity (Wildman–Crippen MR) is 103 cm³/mol. The Labute approximate surface area is 173 Å². The molecule has 3 rings (SSSR count). The van der Waals surface area contributed by atoms with Crippen molar-refractivity contribution in [2.45, 2.75) is 32.3 Å². The van der Waals surface area contributed by atoms with Crippen LogP contribution in [-0.2, 0) is 23.9 Å². The number of piperidine rings is 1. The Balaban J connectivity index is 1.38. The standard InChI is InChI=1S/C20H25N3O7/c1-2-18(25)23-9-5-6-13(10-23)20(27)29-12-17(24)21-22-19(26)16-11-28-14-7-3-4-8-15(14)30-16/h3-4,7-8,13,16H,2,5-6,9-12H2,1H3,(H,21,24)(H,22,26). The first-order chi connectivity index (χ1) is 14.5. The fraction of sp³-hybridized carbons (Fsp3) is 0.500. The SMILES string of the molecule is CCC(=O)N1CCCC(C(=O)OCC(=O)NNC(=O)C2COc3ccccc3O2)C1. The van der Waals surface area contributed by atoms with Gasteiger partial charge in [-0.05, 0) is 25.0 Å². The van der Waals surface area contributed by atoms with Crippen LogP contribution in [0.15, 0.2) is 24.3 Å². The zero-order valence-electron chi connectivity index (χ0n) is 16.7. The van der Waals surface area contributed by atoms with E-state index in [1.54, 1.807) is 36.1 Å². The molecule has 0 saturated carbocycles. The molecule has 3 amide bonds. The molecule has 10 nitrogen and oxygen atoms in total. The van der Waals surface area contributed by atoms with Crippen LogP contribution < -0.4 is 20.3 Å². The molecule has 2 atom stereocenters. The minimum atomic E-state index is -0.924. The van der Waals surface area contributed by atoms with Crippen LogP contribution >= 0.6 is 0 Å². The van der Waals surface area contributed by atoms with Crippen molar-refractivity contribution in [2.24, 2.45) is 5.92 Å². The first-order valence-electron chi connectivity index (χ1n) is 9.89. The second-order valence-electron chi connectivity index (χ2n) is 7.04. The van der Waals surface area contributed by atoms with Gasteiger partial charge in [-0.1, -0.05) is 19.1 Å². The second-order valence-corrected chi connectivity index (χ2v) is 7.04. The van der Waals surface area contributed by atoms with E-state index in [1.165, 1.54) is 0 Å². The highest BCUT2D eigenvalue weighted by molar-refractivity contribution is 5.86. The van der Waals surface area contributed by atoms with Crippen LogP contribution in [0, 0.1) is 5.92 Å². The predicted octanol–water partition coefficient (Wildman–Crippen LogP) is 0.166. The van der Waals surface area contributed by atoms with Crippen LogP contribution in [-0.4, -0.2) is 61.0 Å². The topological polar surface area (TPSA) is 123 Å². The Morgan fingerprint density at radius 2 is 1.93 bits per heavy atom. The molecule has 0 aromatic heterocycles. The lowest BCUT2D eigenvalue weighted by molar-refractivity contribution is -0.155. The van der Waals surface area contributed by atoms with Crippen LogP contribution in [0.1, 0.15) is 26.2 Å². The van der Waals surface area contributed by atoms with Gasteiger partial charge in [-0.2, -0.15) is 0 Å². The number of hydrogen-bond acceptors (Lipinski definition) is 7. The van der Waals surface area contributed by atoms with E-state index in [0.717, 1.165) is 0 Å². The average Bonchev–Trinajstić information content (AvgIpc) is 2.80. The van der Waals surface area contributed by atoms with Gasteiger partial charge >= 0.3 is 5.97 Å². The lowest BCUT2D eigenvalue weighted by Gasteiger charge is -2.31. The van der Waals surface area contributed by atoms with E-state index < -0.39 is 36.4 Å². The fourth-order valence-corrected chi connectivity index (χ4v) is 3.27. The molecule has 1 fully saturated rings. The van der Waals surface area contributed by atoms with Gasteiger partial charge in [0.25, 0.3) is 11.8 Å². The largest absolute Gasteiger partial charge is 0.485 e. The van der Waals surface area contributed by atoms with Gasteiger partial charge in [0.15, 0.2) is 18.1 Å². The van der Waals surface area contributed by atoms with Crippen molar-refractivity contribution in [3.05, 3.63) is 24.3 Å². The summed E-state index contributed by atoms with van der Waals surface area (Å²) in [4.78, 5) is 49.7. The number of amides is 3. The van der Waals surface area contributed by atoms with Crippen LogP contribution in [0.2, 0.25) is 0 Å². The number of hydrazine groups is 1. The number of benzene rings is 1. The third kappa shape index (κ3) is 5.40. The maximum absolute atomic E-state index is 12.2. The van der Waals surface area contributed by atoms with Gasteiger partial charge < -0.3 is 19.1 Å². The third-order valence-electron chi connectivity index (χ3n) is 4.88. The van der Waals surface area contributed by atoms with Crippen molar-refractivity contribution in [1.29, 1.82) is 0 Å². The number of para-hydroxylation sites is 2. The number of nitrogens with zero attached hydrogens (tertiary/aromatic N) is 1. The summed E-state index contributed by atoms with van der Waals surface area (Å²) in [6.45, 7) is 2.15. The summed E-state index contributed by atoms with van der Waals surface area (Å²) in [5.41, 5.74) is 4.41. The molecule has 1 aromatic carbocycles. The highest BCUT2D eigenvalue weighted by Crippen LogP contribution is 2.30. The summed E-state index contributed by atoms with van der Waals surface area (Å²) in [6, 6.07) is 6.94. The summed E-state index contributed by atoms with van der Waals surface area (Å²) in [7, 11) is 0. The van der Waals surface area contributed by atoms with Crippen molar-refractivity contribution in [3.8, 4) is 11.5 Å². The maximum Gasteiger partial charge on any atom is 0.311 e. The molecule has 0 bridgehead atoms. The minimum absolute atomic E-state index is 0.00234. The number of esters is 1. The first kappa shape index (κ1) is 21.4. The number of rotatable bonds is 5. The average molecular weight is 419 g/mol. The molecule has 1 aromatic rings. The molecular formula is C20H25N3O7. The van der Waals surface area contributed by atoms with E-state index in [4.69, 9.17) is 14.2 Å². The van der Waals surface area contributed by atoms with E-state index >= 15 is 0 Å². The van der Waals surface area contributed by atoms with E-state index in [0.29, 0.717) is 43.9 Å².